The maximum Gasteiger partial charge on any atom is 0.248 e. The summed E-state index contributed by atoms with van der Waals surface area (Å²) < 4.78 is 0. The number of nitrogens with two attached hydrogens (primary N) is 1. The van der Waals surface area contributed by atoms with Crippen molar-refractivity contribution in [3.63, 3.8) is 0 Å². The summed E-state index contributed by atoms with van der Waals surface area (Å²) in [5.41, 5.74) is 7.61. The number of primary amides is 1. The molecule has 5 nitrogen and oxygen atoms in total. The third-order valence-corrected chi connectivity index (χ3v) is 2.56. The van der Waals surface area contributed by atoms with Crippen molar-refractivity contribution in [1.82, 2.24) is 5.32 Å². The normalized spacial score (nSPS) is 12.2. The second-order valence-electron chi connectivity index (χ2n) is 4.37. The third kappa shape index (κ3) is 4.73. The molecule has 5 heteroatoms. The molecule has 1 unspecified atom stereocenters. The SMILES string of the molecule is Cc1cc(NCCNCC(C)O)ccc1C(N)=O. The molecule has 0 saturated carbocycles. The molecule has 1 aromatic rings. The number of hydrogen-bond acceptors (Lipinski definition) is 4. The van der Waals surface area contributed by atoms with Crippen molar-refractivity contribution in [2.24, 2.45) is 5.73 Å². The van der Waals surface area contributed by atoms with Crippen LogP contribution in [0.1, 0.15) is 22.8 Å². The van der Waals surface area contributed by atoms with Gasteiger partial charge in [0.15, 0.2) is 0 Å². The minimum atomic E-state index is -0.405. The van der Waals surface area contributed by atoms with E-state index in [-0.39, 0.29) is 6.10 Å². The molecule has 0 spiro atoms. The Morgan fingerprint density at radius 3 is 2.72 bits per heavy atom. The van der Waals surface area contributed by atoms with E-state index in [2.05, 4.69) is 10.6 Å². The summed E-state index contributed by atoms with van der Waals surface area (Å²) in [5.74, 6) is -0.405. The fourth-order valence-corrected chi connectivity index (χ4v) is 1.66. The number of benzene rings is 1. The quantitative estimate of drug-likeness (QED) is 0.531. The van der Waals surface area contributed by atoms with Gasteiger partial charge in [-0.3, -0.25) is 4.79 Å². The van der Waals surface area contributed by atoms with Gasteiger partial charge in [0.25, 0.3) is 0 Å². The fraction of sp³-hybridized carbons (Fsp3) is 0.462. The molecule has 0 heterocycles. The summed E-state index contributed by atoms with van der Waals surface area (Å²) in [4.78, 5) is 11.1. The molecule has 0 saturated heterocycles. The van der Waals surface area contributed by atoms with Crippen molar-refractivity contribution in [2.45, 2.75) is 20.0 Å². The number of aliphatic hydroxyl groups is 1. The number of nitrogens with one attached hydrogen (secondary N) is 2. The van der Waals surface area contributed by atoms with Crippen LogP contribution in [-0.2, 0) is 0 Å². The lowest BCUT2D eigenvalue weighted by molar-refractivity contribution is 0.0999. The van der Waals surface area contributed by atoms with Crippen molar-refractivity contribution >= 4 is 11.6 Å². The molecule has 100 valence electrons. The summed E-state index contributed by atoms with van der Waals surface area (Å²) in [6.45, 7) is 5.70. The molecule has 0 fully saturated rings. The van der Waals surface area contributed by atoms with Gasteiger partial charge in [-0.2, -0.15) is 0 Å². The number of carbonyl (C=O) groups excluding carboxylic acids is 1. The van der Waals surface area contributed by atoms with E-state index < -0.39 is 5.91 Å². The van der Waals surface area contributed by atoms with E-state index in [1.165, 1.54) is 0 Å². The fourth-order valence-electron chi connectivity index (χ4n) is 1.66. The first-order chi connectivity index (χ1) is 8.50. The Balaban J connectivity index is 2.39. The van der Waals surface area contributed by atoms with E-state index in [1.807, 2.05) is 19.1 Å². The maximum atomic E-state index is 11.1. The van der Waals surface area contributed by atoms with Crippen LogP contribution in [0.15, 0.2) is 18.2 Å². The zero-order valence-electron chi connectivity index (χ0n) is 10.9. The average Bonchev–Trinajstić information content (AvgIpc) is 2.27. The first-order valence-corrected chi connectivity index (χ1v) is 6.04. The van der Waals surface area contributed by atoms with Gasteiger partial charge in [0, 0.05) is 30.9 Å². The van der Waals surface area contributed by atoms with E-state index in [0.29, 0.717) is 12.1 Å². The van der Waals surface area contributed by atoms with Crippen LogP contribution in [-0.4, -0.2) is 36.8 Å². The lowest BCUT2D eigenvalue weighted by Gasteiger charge is -2.10. The molecule has 1 amide bonds. The lowest BCUT2D eigenvalue weighted by Crippen LogP contribution is -2.28. The Morgan fingerprint density at radius 2 is 2.17 bits per heavy atom. The second kappa shape index (κ2) is 6.98. The van der Waals surface area contributed by atoms with Crippen LogP contribution in [0.3, 0.4) is 0 Å². The highest BCUT2D eigenvalue weighted by atomic mass is 16.3. The van der Waals surface area contributed by atoms with Gasteiger partial charge < -0.3 is 21.5 Å². The summed E-state index contributed by atoms with van der Waals surface area (Å²) in [5, 5.41) is 15.4. The molecule has 0 aliphatic heterocycles. The molecule has 5 N–H and O–H groups in total. The zero-order valence-corrected chi connectivity index (χ0v) is 10.9. The van der Waals surface area contributed by atoms with Crippen molar-refractivity contribution in [3.8, 4) is 0 Å². The van der Waals surface area contributed by atoms with Crippen molar-refractivity contribution in [2.75, 3.05) is 25.0 Å². The number of aliphatic hydroxyl groups excluding tert-OH is 1. The minimum Gasteiger partial charge on any atom is -0.392 e. The number of carbonyl (C=O) groups is 1. The number of anilines is 1. The first kappa shape index (κ1) is 14.5. The predicted octanol–water partition coefficient (Wildman–Crippen LogP) is 0.476. The average molecular weight is 251 g/mol. The molecule has 1 atom stereocenters. The lowest BCUT2D eigenvalue weighted by atomic mass is 10.1. The highest BCUT2D eigenvalue weighted by Crippen LogP contribution is 2.14. The van der Waals surface area contributed by atoms with Gasteiger partial charge in [-0.05, 0) is 37.6 Å². The Hall–Kier alpha value is -1.59. The van der Waals surface area contributed by atoms with E-state index in [9.17, 15) is 4.79 Å². The molecular weight excluding hydrogens is 230 g/mol. The van der Waals surface area contributed by atoms with Gasteiger partial charge in [-0.25, -0.2) is 0 Å². The minimum absolute atomic E-state index is 0.331. The van der Waals surface area contributed by atoms with Crippen LogP contribution in [0, 0.1) is 6.92 Å². The van der Waals surface area contributed by atoms with Crippen LogP contribution >= 0.6 is 0 Å². The summed E-state index contributed by atoms with van der Waals surface area (Å²) in [7, 11) is 0. The Morgan fingerprint density at radius 1 is 1.44 bits per heavy atom. The topological polar surface area (TPSA) is 87.4 Å². The highest BCUT2D eigenvalue weighted by molar-refractivity contribution is 5.94. The largest absolute Gasteiger partial charge is 0.392 e. The van der Waals surface area contributed by atoms with Crippen LogP contribution in [0.2, 0.25) is 0 Å². The number of rotatable bonds is 7. The van der Waals surface area contributed by atoms with Crippen molar-refractivity contribution in [1.29, 1.82) is 0 Å². The van der Waals surface area contributed by atoms with Crippen LogP contribution in [0.25, 0.3) is 0 Å². The predicted molar refractivity (Wildman–Crippen MR) is 72.7 cm³/mol. The van der Waals surface area contributed by atoms with E-state index in [1.54, 1.807) is 13.0 Å². The van der Waals surface area contributed by atoms with Gasteiger partial charge in [0.2, 0.25) is 5.91 Å². The summed E-state index contributed by atoms with van der Waals surface area (Å²) in [6, 6.07) is 5.46. The monoisotopic (exact) mass is 251 g/mol. The molecule has 1 rings (SSSR count). The van der Waals surface area contributed by atoms with E-state index >= 15 is 0 Å². The molecule has 18 heavy (non-hydrogen) atoms. The number of aryl methyl sites for hydroxylation is 1. The molecular formula is C13H21N3O2. The maximum absolute atomic E-state index is 11.1. The summed E-state index contributed by atoms with van der Waals surface area (Å²) in [6.07, 6.45) is -0.331. The molecule has 0 aliphatic rings. The third-order valence-electron chi connectivity index (χ3n) is 2.56. The van der Waals surface area contributed by atoms with Gasteiger partial charge in [0.1, 0.15) is 0 Å². The Labute approximate surface area is 107 Å². The van der Waals surface area contributed by atoms with Crippen molar-refractivity contribution in [3.05, 3.63) is 29.3 Å². The molecule has 0 aromatic heterocycles. The second-order valence-corrected chi connectivity index (χ2v) is 4.37. The van der Waals surface area contributed by atoms with Gasteiger partial charge in [0.05, 0.1) is 6.10 Å². The number of amides is 1. The van der Waals surface area contributed by atoms with E-state index in [4.69, 9.17) is 10.8 Å². The van der Waals surface area contributed by atoms with Gasteiger partial charge in [-0.1, -0.05) is 0 Å². The van der Waals surface area contributed by atoms with E-state index in [0.717, 1.165) is 24.3 Å². The molecule has 0 radical (unpaired) electrons. The highest BCUT2D eigenvalue weighted by Gasteiger charge is 2.04. The summed E-state index contributed by atoms with van der Waals surface area (Å²) >= 11 is 0. The van der Waals surface area contributed by atoms with Crippen LogP contribution in [0.4, 0.5) is 5.69 Å². The Bertz CT molecular complexity index is 405. The van der Waals surface area contributed by atoms with Gasteiger partial charge in [-0.15, -0.1) is 0 Å². The van der Waals surface area contributed by atoms with Crippen molar-refractivity contribution < 1.29 is 9.90 Å². The van der Waals surface area contributed by atoms with Crippen LogP contribution < -0.4 is 16.4 Å². The smallest absolute Gasteiger partial charge is 0.248 e. The molecule has 0 aliphatic carbocycles. The van der Waals surface area contributed by atoms with Crippen LogP contribution in [0.5, 0.6) is 0 Å². The standard InChI is InChI=1S/C13H21N3O2/c1-9-7-11(3-4-12(9)13(14)18)16-6-5-15-8-10(2)17/h3-4,7,10,15-17H,5-6,8H2,1-2H3,(H2,14,18). The number of hydrogen-bond donors (Lipinski definition) is 4. The molecule has 1 aromatic carbocycles. The first-order valence-electron chi connectivity index (χ1n) is 6.04. The Kier molecular flexibility index (Phi) is 5.61. The van der Waals surface area contributed by atoms with Gasteiger partial charge >= 0.3 is 0 Å². The molecule has 0 bridgehead atoms. The zero-order chi connectivity index (χ0) is 13.5.